The minimum Gasteiger partial charge on any atom is -0.478 e. The predicted octanol–water partition coefficient (Wildman–Crippen LogP) is 5.90. The van der Waals surface area contributed by atoms with Crippen LogP contribution in [0.2, 0.25) is 0 Å². The zero-order valence-corrected chi connectivity index (χ0v) is 20.1. The van der Waals surface area contributed by atoms with E-state index in [-0.39, 0.29) is 36.2 Å². The number of H-pyrrole nitrogens is 1. The first-order valence-electron chi connectivity index (χ1n) is 11.4. The van der Waals surface area contributed by atoms with Gasteiger partial charge >= 0.3 is 18.3 Å². The van der Waals surface area contributed by atoms with Gasteiger partial charge in [0, 0.05) is 5.56 Å². The van der Waals surface area contributed by atoms with Crippen LogP contribution in [0.5, 0.6) is 0 Å². The van der Waals surface area contributed by atoms with Crippen molar-refractivity contribution in [3.05, 3.63) is 87.9 Å². The molecule has 1 aliphatic rings. The number of aromatic carboxylic acids is 1. The van der Waals surface area contributed by atoms with E-state index in [1.165, 1.54) is 23.4 Å². The Balaban J connectivity index is 1.43. The first-order valence-corrected chi connectivity index (χ1v) is 11.4. The number of rotatable bonds is 5. The van der Waals surface area contributed by atoms with Gasteiger partial charge in [0.25, 0.3) is 0 Å². The molecule has 0 amide bonds. The van der Waals surface area contributed by atoms with Crippen LogP contribution in [0.3, 0.4) is 0 Å². The Bertz CT molecular complexity index is 1700. The summed E-state index contributed by atoms with van der Waals surface area (Å²) in [6, 6.07) is 5.28. The fraction of sp³-hybridized carbons (Fsp3) is 0.160. The van der Waals surface area contributed by atoms with Crippen molar-refractivity contribution in [2.24, 2.45) is 5.10 Å². The highest BCUT2D eigenvalue weighted by molar-refractivity contribution is 5.95. The molecule has 0 bridgehead atoms. The number of hydrogen-bond donors (Lipinski definition) is 2. The maximum absolute atomic E-state index is 14.2. The van der Waals surface area contributed by atoms with Crippen LogP contribution in [0.4, 0.5) is 35.1 Å². The molecule has 0 fully saturated rings. The number of benzene rings is 2. The molecule has 0 radical (unpaired) electrons. The summed E-state index contributed by atoms with van der Waals surface area (Å²) in [5.41, 5.74) is -5.08. The molecule has 2 aromatic carbocycles. The minimum absolute atomic E-state index is 0.00221. The Morgan fingerprint density at radius 2 is 1.73 bits per heavy atom. The highest BCUT2D eigenvalue weighted by Gasteiger charge is 2.39. The lowest BCUT2D eigenvalue weighted by atomic mass is 9.97. The summed E-state index contributed by atoms with van der Waals surface area (Å²) in [5.74, 6) is -3.83. The zero-order chi connectivity index (χ0) is 29.7. The Hall–Kier alpha value is -4.89. The van der Waals surface area contributed by atoms with Crippen LogP contribution in [-0.4, -0.2) is 42.5 Å². The summed E-state index contributed by atoms with van der Waals surface area (Å²) in [6.45, 7) is -0.193. The molecule has 41 heavy (non-hydrogen) atoms. The summed E-state index contributed by atoms with van der Waals surface area (Å²) >= 11 is 0. The number of imidazole rings is 1. The van der Waals surface area contributed by atoms with Crippen LogP contribution in [0.15, 0.2) is 47.6 Å². The highest BCUT2D eigenvalue weighted by atomic mass is 19.4. The number of nitrogens with zero attached hydrogens (tertiary/aromatic N) is 5. The summed E-state index contributed by atoms with van der Waals surface area (Å²) in [7, 11) is 0. The second kappa shape index (κ2) is 9.94. The fourth-order valence-corrected chi connectivity index (χ4v) is 4.13. The zero-order valence-electron chi connectivity index (χ0n) is 20.1. The van der Waals surface area contributed by atoms with E-state index < -0.39 is 57.9 Å². The maximum Gasteiger partial charge on any atom is 0.417 e. The smallest absolute Gasteiger partial charge is 0.417 e. The van der Waals surface area contributed by atoms with Crippen LogP contribution < -0.4 is 0 Å². The normalized spacial score (nSPS) is 13.4. The van der Waals surface area contributed by atoms with E-state index in [0.717, 1.165) is 12.1 Å². The molecule has 8 nitrogen and oxygen atoms in total. The van der Waals surface area contributed by atoms with Gasteiger partial charge < -0.3 is 10.1 Å². The lowest BCUT2D eigenvalue weighted by Gasteiger charge is -2.21. The lowest BCUT2D eigenvalue weighted by Crippen LogP contribution is -2.22. The Labute approximate surface area is 224 Å². The molecule has 212 valence electrons. The monoisotopic (exact) mass is 582 g/mol. The number of carbonyl (C=O) groups is 1. The number of hydrazone groups is 1. The van der Waals surface area contributed by atoms with E-state index in [1.54, 1.807) is 0 Å². The molecular weight excluding hydrogens is 568 g/mol. The molecule has 2 N–H and O–H groups in total. The Kier molecular flexibility index (Phi) is 6.71. The van der Waals surface area contributed by atoms with Gasteiger partial charge in [0.05, 0.1) is 58.6 Å². The second-order valence-corrected chi connectivity index (χ2v) is 8.77. The first kappa shape index (κ1) is 27.7. The summed E-state index contributed by atoms with van der Waals surface area (Å²) in [4.78, 5) is 19.0. The lowest BCUT2D eigenvalue weighted by molar-refractivity contribution is -0.142. The number of aromatic nitrogens is 4. The number of carboxylic acids is 1. The van der Waals surface area contributed by atoms with E-state index in [9.17, 15) is 45.0 Å². The number of carboxylic acid groups (broad SMARTS) is 1. The number of alkyl halides is 6. The number of fused-ring (bicyclic) bond motifs is 1. The molecule has 0 atom stereocenters. The molecule has 1 aliphatic heterocycles. The molecule has 0 saturated carbocycles. The van der Waals surface area contributed by atoms with E-state index in [1.807, 2.05) is 0 Å². The van der Waals surface area contributed by atoms with Crippen molar-refractivity contribution < 1.29 is 45.0 Å². The number of halogens is 8. The van der Waals surface area contributed by atoms with Crippen molar-refractivity contribution >= 4 is 12.2 Å². The third kappa shape index (κ3) is 5.44. The fourth-order valence-electron chi connectivity index (χ4n) is 4.13. The maximum atomic E-state index is 14.2. The molecule has 2 aromatic heterocycles. The number of nitrogens with one attached hydrogen (secondary N) is 1. The van der Waals surface area contributed by atoms with Gasteiger partial charge in [0.15, 0.2) is 11.6 Å². The van der Waals surface area contributed by atoms with E-state index in [4.69, 9.17) is 0 Å². The van der Waals surface area contributed by atoms with Gasteiger partial charge in [-0.25, -0.2) is 18.6 Å². The van der Waals surface area contributed by atoms with Crippen molar-refractivity contribution in [3.8, 4) is 22.6 Å². The van der Waals surface area contributed by atoms with Gasteiger partial charge in [0.1, 0.15) is 11.5 Å². The summed E-state index contributed by atoms with van der Waals surface area (Å²) in [5, 5.41) is 22.6. The molecule has 4 aromatic rings. The predicted molar refractivity (Wildman–Crippen MR) is 125 cm³/mol. The minimum atomic E-state index is -5.26. The van der Waals surface area contributed by atoms with E-state index in [0.29, 0.717) is 23.5 Å². The molecule has 0 unspecified atom stereocenters. The van der Waals surface area contributed by atoms with Crippen LogP contribution in [0.1, 0.15) is 38.6 Å². The highest BCUT2D eigenvalue weighted by Crippen LogP contribution is 2.41. The molecule has 0 saturated heterocycles. The molecule has 16 heteroatoms. The Morgan fingerprint density at radius 3 is 2.41 bits per heavy atom. The van der Waals surface area contributed by atoms with Crippen LogP contribution >= 0.6 is 0 Å². The summed E-state index contributed by atoms with van der Waals surface area (Å²) < 4.78 is 108. The number of hydrogen-bond acceptors (Lipinski definition) is 6. The van der Waals surface area contributed by atoms with Gasteiger partial charge in [0.2, 0.25) is 0 Å². The molecule has 0 spiro atoms. The third-order valence-corrected chi connectivity index (χ3v) is 6.03. The van der Waals surface area contributed by atoms with Gasteiger partial charge in [-0.1, -0.05) is 12.1 Å². The van der Waals surface area contributed by atoms with Crippen LogP contribution in [-0.2, 0) is 25.4 Å². The van der Waals surface area contributed by atoms with Crippen molar-refractivity contribution in [3.63, 3.8) is 0 Å². The number of aromatic amines is 1. The van der Waals surface area contributed by atoms with E-state index in [2.05, 4.69) is 25.3 Å². The quantitative estimate of drug-likeness (QED) is 0.284. The van der Waals surface area contributed by atoms with E-state index >= 15 is 0 Å². The average molecular weight is 582 g/mol. The molecule has 5 rings (SSSR count). The largest absolute Gasteiger partial charge is 0.478 e. The van der Waals surface area contributed by atoms with Crippen LogP contribution in [0, 0.1) is 11.6 Å². The van der Waals surface area contributed by atoms with Gasteiger partial charge in [-0.05, 0) is 30.3 Å². The second-order valence-electron chi connectivity index (χ2n) is 8.77. The van der Waals surface area contributed by atoms with Crippen molar-refractivity contribution in [2.75, 3.05) is 0 Å². The van der Waals surface area contributed by atoms with Gasteiger partial charge in [-0.3, -0.25) is 5.01 Å². The van der Waals surface area contributed by atoms with Crippen LogP contribution in [0.25, 0.3) is 22.6 Å². The topological polar surface area (TPSA) is 107 Å². The first-order chi connectivity index (χ1) is 19.2. The SMILES string of the molecule is O=C(O)c1cc(CN2Cc3nc(-c4cccc(F)c4F)[nH]c3C=N2)nnc1-c1ccc(C(F)(F)F)cc1C(F)(F)F. The standard InChI is InChI=1S/C25H14F8N6O2/c26-17-3-1-2-14(20(17)27)22-35-18-8-34-39(10-19(18)36-22)9-12-7-15(23(40)41)21(38-37-12)13-5-4-11(24(28,29)30)6-16(13)25(31,32)33/h1-8H,9-10H2,(H,35,36)(H,40,41). The molecule has 0 aliphatic carbocycles. The Morgan fingerprint density at radius 1 is 0.976 bits per heavy atom. The van der Waals surface area contributed by atoms with Crippen molar-refractivity contribution in [1.29, 1.82) is 0 Å². The van der Waals surface area contributed by atoms with Gasteiger partial charge in [-0.2, -0.15) is 36.5 Å². The third-order valence-electron chi connectivity index (χ3n) is 6.03. The van der Waals surface area contributed by atoms with Gasteiger partial charge in [-0.15, -0.1) is 5.10 Å². The van der Waals surface area contributed by atoms with Crippen molar-refractivity contribution in [2.45, 2.75) is 25.4 Å². The van der Waals surface area contributed by atoms with Crippen molar-refractivity contribution in [1.82, 2.24) is 25.2 Å². The molecule has 3 heterocycles. The average Bonchev–Trinajstić information content (AvgIpc) is 3.32. The summed E-state index contributed by atoms with van der Waals surface area (Å²) in [6.07, 6.45) is -9.01. The molecular formula is C25H14F8N6O2.